The molecule has 0 unspecified atom stereocenters. The molecule has 3 nitrogen and oxygen atoms in total. The number of benzene rings is 6. The molecule has 0 aliphatic heterocycles. The first kappa shape index (κ1) is 30.8. The molecule has 0 saturated carbocycles. The molecule has 8 aromatic rings. The summed E-state index contributed by atoms with van der Waals surface area (Å²) in [6.45, 7) is 18.4. The molecule has 0 bridgehead atoms. The molecule has 9 rings (SSSR count). The van der Waals surface area contributed by atoms with Crippen molar-refractivity contribution in [2.24, 2.45) is 0 Å². The molecule has 1 aliphatic rings. The molecule has 6 aromatic carbocycles. The van der Waals surface area contributed by atoms with Gasteiger partial charge >= 0.3 is 0 Å². The number of furan rings is 2. The van der Waals surface area contributed by atoms with Gasteiger partial charge in [-0.3, -0.25) is 0 Å². The van der Waals surface area contributed by atoms with Gasteiger partial charge in [0.1, 0.15) is 16.7 Å². The third kappa shape index (κ3) is 4.49. The van der Waals surface area contributed by atoms with Gasteiger partial charge in [-0.2, -0.15) is 0 Å². The van der Waals surface area contributed by atoms with Crippen LogP contribution in [0.15, 0.2) is 124 Å². The first-order valence-corrected chi connectivity index (χ1v) is 17.8. The zero-order valence-electron chi connectivity index (χ0n) is 30.2. The van der Waals surface area contributed by atoms with E-state index in [9.17, 15) is 0 Å². The second kappa shape index (κ2) is 10.4. The molecule has 0 atom stereocenters. The molecule has 0 radical (unpaired) electrons. The maximum absolute atomic E-state index is 7.03. The largest absolute Gasteiger partial charge is 0.456 e. The lowest BCUT2D eigenvalue weighted by atomic mass is 9.79. The lowest BCUT2D eigenvalue weighted by Crippen LogP contribution is -2.16. The summed E-state index contributed by atoms with van der Waals surface area (Å²) in [6, 6.07) is 41.9. The predicted octanol–water partition coefficient (Wildman–Crippen LogP) is 13.9. The Morgan fingerprint density at radius 3 is 2.00 bits per heavy atom. The Morgan fingerprint density at radius 1 is 0.520 bits per heavy atom. The van der Waals surface area contributed by atoms with Crippen molar-refractivity contribution in [3.05, 3.63) is 138 Å². The maximum atomic E-state index is 7.03. The third-order valence-corrected chi connectivity index (χ3v) is 10.9. The Hall–Kier alpha value is -5.28. The number of nitrogens with zero attached hydrogens (tertiary/aromatic N) is 1. The highest BCUT2D eigenvalue weighted by Gasteiger charge is 2.36. The van der Waals surface area contributed by atoms with Gasteiger partial charge in [0.05, 0.1) is 11.4 Å². The van der Waals surface area contributed by atoms with Crippen LogP contribution in [0.5, 0.6) is 0 Å². The SMILES string of the molecule is CC(C)(C)c1cc(C(C)(C)C)c2c(c1)oc1c(N(c3ccc4c(c3)C(C)(C)c3ccccc3-4)c3ccc4c(c3)oc3ccccc34)cccc12. The lowest BCUT2D eigenvalue weighted by molar-refractivity contribution is 0.569. The zero-order valence-corrected chi connectivity index (χ0v) is 30.2. The molecule has 0 saturated heterocycles. The fraction of sp³-hybridized carbons (Fsp3) is 0.234. The van der Waals surface area contributed by atoms with E-state index in [-0.39, 0.29) is 16.2 Å². The third-order valence-electron chi connectivity index (χ3n) is 10.9. The van der Waals surface area contributed by atoms with Crippen molar-refractivity contribution in [1.82, 2.24) is 0 Å². The number of hydrogen-bond donors (Lipinski definition) is 0. The number of anilines is 3. The van der Waals surface area contributed by atoms with E-state index in [0.29, 0.717) is 0 Å². The fourth-order valence-corrected chi connectivity index (χ4v) is 8.23. The van der Waals surface area contributed by atoms with Gasteiger partial charge in [-0.15, -0.1) is 0 Å². The van der Waals surface area contributed by atoms with Crippen LogP contribution in [0.3, 0.4) is 0 Å². The number of fused-ring (bicyclic) bond motifs is 9. The molecule has 50 heavy (non-hydrogen) atoms. The smallest absolute Gasteiger partial charge is 0.159 e. The van der Waals surface area contributed by atoms with Gasteiger partial charge in [-0.25, -0.2) is 0 Å². The molecule has 0 spiro atoms. The van der Waals surface area contributed by atoms with E-state index >= 15 is 0 Å². The molecule has 0 N–H and O–H groups in total. The lowest BCUT2D eigenvalue weighted by Gasteiger charge is -2.28. The molecular formula is C47H43NO2. The van der Waals surface area contributed by atoms with Crippen molar-refractivity contribution >= 4 is 60.9 Å². The minimum atomic E-state index is -0.132. The van der Waals surface area contributed by atoms with Crippen molar-refractivity contribution in [2.45, 2.75) is 71.6 Å². The predicted molar refractivity (Wildman–Crippen MR) is 211 cm³/mol. The zero-order chi connectivity index (χ0) is 34.7. The van der Waals surface area contributed by atoms with E-state index in [1.165, 1.54) is 38.8 Å². The van der Waals surface area contributed by atoms with Crippen LogP contribution in [0.2, 0.25) is 0 Å². The van der Waals surface area contributed by atoms with Crippen LogP contribution in [0.4, 0.5) is 17.1 Å². The summed E-state index contributed by atoms with van der Waals surface area (Å²) in [5.41, 5.74) is 14.4. The van der Waals surface area contributed by atoms with Gasteiger partial charge in [0.25, 0.3) is 0 Å². The average molecular weight is 654 g/mol. The summed E-state index contributed by atoms with van der Waals surface area (Å²) in [5, 5.41) is 4.56. The van der Waals surface area contributed by atoms with Gasteiger partial charge in [0.2, 0.25) is 0 Å². The molecule has 248 valence electrons. The summed E-state index contributed by atoms with van der Waals surface area (Å²) in [4.78, 5) is 2.36. The Bertz CT molecular complexity index is 2650. The van der Waals surface area contributed by atoms with E-state index in [4.69, 9.17) is 8.83 Å². The molecule has 2 heterocycles. The highest BCUT2D eigenvalue weighted by Crippen LogP contribution is 2.52. The van der Waals surface area contributed by atoms with Crippen LogP contribution >= 0.6 is 0 Å². The van der Waals surface area contributed by atoms with Crippen molar-refractivity contribution in [3.8, 4) is 11.1 Å². The second-order valence-electron chi connectivity index (χ2n) is 16.7. The van der Waals surface area contributed by atoms with E-state index in [1.807, 2.05) is 12.1 Å². The molecule has 0 fully saturated rings. The quantitative estimate of drug-likeness (QED) is 0.190. The molecule has 2 aromatic heterocycles. The number of rotatable bonds is 3. The fourth-order valence-electron chi connectivity index (χ4n) is 8.23. The summed E-state index contributed by atoms with van der Waals surface area (Å²) in [6.07, 6.45) is 0. The Morgan fingerprint density at radius 2 is 1.20 bits per heavy atom. The van der Waals surface area contributed by atoms with Gasteiger partial charge in [-0.1, -0.05) is 122 Å². The van der Waals surface area contributed by atoms with Crippen molar-refractivity contribution < 1.29 is 8.83 Å². The van der Waals surface area contributed by atoms with Crippen molar-refractivity contribution in [3.63, 3.8) is 0 Å². The summed E-state index contributed by atoms with van der Waals surface area (Å²) in [7, 11) is 0. The minimum Gasteiger partial charge on any atom is -0.456 e. The normalized spacial score (nSPS) is 14.2. The van der Waals surface area contributed by atoms with Crippen LogP contribution in [-0.4, -0.2) is 0 Å². The number of hydrogen-bond acceptors (Lipinski definition) is 3. The Labute approximate surface area is 294 Å². The average Bonchev–Trinajstić information content (AvgIpc) is 3.72. The number of para-hydroxylation sites is 2. The maximum Gasteiger partial charge on any atom is 0.159 e. The molecule has 3 heteroatoms. The van der Waals surface area contributed by atoms with Crippen LogP contribution in [0.25, 0.3) is 55.0 Å². The highest BCUT2D eigenvalue weighted by molar-refractivity contribution is 6.13. The molecular weight excluding hydrogens is 611 g/mol. The van der Waals surface area contributed by atoms with Crippen LogP contribution in [0.1, 0.15) is 77.6 Å². The van der Waals surface area contributed by atoms with Crippen molar-refractivity contribution in [1.29, 1.82) is 0 Å². The van der Waals surface area contributed by atoms with Crippen molar-refractivity contribution in [2.75, 3.05) is 4.90 Å². The van der Waals surface area contributed by atoms with Gasteiger partial charge < -0.3 is 13.7 Å². The minimum absolute atomic E-state index is 0.0151. The standard InChI is InChI=1S/C47H43NO2/c1-45(2,3)28-24-38(46(4,5)6)43-35-16-13-18-39(44(35)50-42(43)25-28)48(30-21-23-34-33-15-10-12-19-40(33)49-41(34)27-30)29-20-22-32-31-14-9-11-17-36(31)47(7,8)37(32)26-29/h9-27H,1-8H3. The van der Waals surface area contributed by atoms with Gasteiger partial charge in [-0.05, 0) is 86.7 Å². The highest BCUT2D eigenvalue weighted by atomic mass is 16.3. The van der Waals surface area contributed by atoms with E-state index in [0.717, 1.165) is 55.6 Å². The van der Waals surface area contributed by atoms with Crippen LogP contribution in [0, 0.1) is 0 Å². The monoisotopic (exact) mass is 653 g/mol. The topological polar surface area (TPSA) is 29.5 Å². The second-order valence-corrected chi connectivity index (χ2v) is 16.7. The van der Waals surface area contributed by atoms with Crippen LogP contribution < -0.4 is 4.90 Å². The van der Waals surface area contributed by atoms with E-state index in [2.05, 4.69) is 163 Å². The summed E-state index contributed by atoms with van der Waals surface area (Å²) < 4.78 is 13.5. The summed E-state index contributed by atoms with van der Waals surface area (Å²) >= 11 is 0. The van der Waals surface area contributed by atoms with Crippen LogP contribution in [-0.2, 0) is 16.2 Å². The molecule has 1 aliphatic carbocycles. The van der Waals surface area contributed by atoms with Gasteiger partial charge in [0, 0.05) is 38.7 Å². The Balaban J connectivity index is 1.33. The Kier molecular flexibility index (Phi) is 6.38. The first-order chi connectivity index (χ1) is 23.8. The van der Waals surface area contributed by atoms with Gasteiger partial charge in [0.15, 0.2) is 5.58 Å². The molecule has 0 amide bonds. The summed E-state index contributed by atoms with van der Waals surface area (Å²) in [5.74, 6) is 0. The van der Waals surface area contributed by atoms with E-state index in [1.54, 1.807) is 0 Å². The van der Waals surface area contributed by atoms with E-state index < -0.39 is 0 Å². The first-order valence-electron chi connectivity index (χ1n) is 17.8.